The van der Waals surface area contributed by atoms with Crippen LogP contribution < -0.4 is 0 Å². The fourth-order valence-electron chi connectivity index (χ4n) is 1.51. The average Bonchev–Trinajstić information content (AvgIpc) is 2.28. The van der Waals surface area contributed by atoms with Crippen molar-refractivity contribution in [3.8, 4) is 12.1 Å². The van der Waals surface area contributed by atoms with E-state index in [9.17, 15) is 0 Å². The second-order valence-electron chi connectivity index (χ2n) is 3.09. The third kappa shape index (κ3) is 1.58. The van der Waals surface area contributed by atoms with E-state index in [1.807, 2.05) is 12.1 Å². The molecule has 70 valence electrons. The van der Waals surface area contributed by atoms with Crippen LogP contribution in [0.1, 0.15) is 13.3 Å². The number of nitrogens with zero attached hydrogens (tertiary/aromatic N) is 4. The van der Waals surface area contributed by atoms with Crippen LogP contribution in [0.2, 0.25) is 0 Å². The lowest BCUT2D eigenvalue weighted by Gasteiger charge is -2.31. The van der Waals surface area contributed by atoms with Crippen LogP contribution in [0.15, 0.2) is 22.5 Å². The Hall–Kier alpha value is -2.56. The minimum absolute atomic E-state index is 0.0912. The molecule has 1 aliphatic carbocycles. The predicted octanol–water partition coefficient (Wildman–Crippen LogP) is 2.42. The molecule has 0 radical (unpaired) electrons. The van der Waals surface area contributed by atoms with Crippen LogP contribution in [0.3, 0.4) is 0 Å². The van der Waals surface area contributed by atoms with Crippen molar-refractivity contribution in [3.05, 3.63) is 45.4 Å². The van der Waals surface area contributed by atoms with Crippen LogP contribution in [0.4, 0.5) is 0 Å². The van der Waals surface area contributed by atoms with Crippen molar-refractivity contribution in [3.63, 3.8) is 0 Å². The summed E-state index contributed by atoms with van der Waals surface area (Å²) in [5.41, 5.74) is 1.65. The van der Waals surface area contributed by atoms with Gasteiger partial charge < -0.3 is 0 Å². The number of nitriles is 2. The van der Waals surface area contributed by atoms with Crippen molar-refractivity contribution >= 4 is 0 Å². The Morgan fingerprint density at radius 3 is 1.80 bits per heavy atom. The Labute approximate surface area is 88.0 Å². The van der Waals surface area contributed by atoms with E-state index in [0.717, 1.165) is 11.1 Å². The minimum atomic E-state index is -0.113. The molecule has 0 aromatic carbocycles. The molecule has 4 nitrogen and oxygen atoms in total. The Balaban J connectivity index is 3.12. The molecule has 1 saturated carbocycles. The molecule has 0 N–H and O–H groups in total. The van der Waals surface area contributed by atoms with Crippen LogP contribution in [0, 0.1) is 41.7 Å². The lowest BCUT2D eigenvalue weighted by Crippen LogP contribution is -2.19. The summed E-state index contributed by atoms with van der Waals surface area (Å²) >= 11 is 0. The van der Waals surface area contributed by atoms with E-state index in [1.165, 1.54) is 0 Å². The third-order valence-electron chi connectivity index (χ3n) is 2.47. The van der Waals surface area contributed by atoms with Crippen LogP contribution in [-0.4, -0.2) is 0 Å². The molecular formula is C11H6N4. The molecule has 0 saturated heterocycles. The van der Waals surface area contributed by atoms with Crippen molar-refractivity contribution in [1.29, 1.82) is 10.5 Å². The fraction of sp³-hybridized carbons (Fsp3) is 0.273. The van der Waals surface area contributed by atoms with Gasteiger partial charge in [-0.25, -0.2) is 20.2 Å². The third-order valence-corrected chi connectivity index (χ3v) is 2.47. The van der Waals surface area contributed by atoms with Gasteiger partial charge in [0.05, 0.1) is 25.3 Å². The molecule has 0 bridgehead atoms. The zero-order valence-electron chi connectivity index (χ0n) is 8.07. The molecule has 0 aromatic rings. The van der Waals surface area contributed by atoms with Gasteiger partial charge >= 0.3 is 0 Å². The first-order valence-electron chi connectivity index (χ1n) is 4.20. The highest BCUT2D eigenvalue weighted by Gasteiger charge is 2.31. The molecule has 0 heterocycles. The normalized spacial score (nSPS) is 24.7. The van der Waals surface area contributed by atoms with Crippen molar-refractivity contribution in [2.75, 3.05) is 0 Å². The summed E-state index contributed by atoms with van der Waals surface area (Å²) in [6, 6.07) is 3.64. The molecule has 0 amide bonds. The highest BCUT2D eigenvalue weighted by molar-refractivity contribution is 5.51. The Morgan fingerprint density at radius 2 is 1.60 bits per heavy atom. The number of hydrogen-bond donors (Lipinski definition) is 0. The molecule has 1 fully saturated rings. The first-order chi connectivity index (χ1) is 7.19. The summed E-state index contributed by atoms with van der Waals surface area (Å²) in [7, 11) is 0. The average molecular weight is 194 g/mol. The summed E-state index contributed by atoms with van der Waals surface area (Å²) in [6.07, 6.45) is 0.414. The van der Waals surface area contributed by atoms with E-state index < -0.39 is 0 Å². The van der Waals surface area contributed by atoms with E-state index in [4.69, 9.17) is 23.7 Å². The topological polar surface area (TPSA) is 56.3 Å². The largest absolute Gasteiger partial charge is 0.261 e. The second-order valence-corrected chi connectivity index (χ2v) is 3.09. The molecule has 1 rings (SSSR count). The van der Waals surface area contributed by atoms with Crippen molar-refractivity contribution in [2.24, 2.45) is 5.92 Å². The Bertz CT molecular complexity index is 443. The van der Waals surface area contributed by atoms with Gasteiger partial charge in [0.2, 0.25) is 0 Å². The van der Waals surface area contributed by atoms with E-state index >= 15 is 0 Å². The van der Waals surface area contributed by atoms with E-state index in [1.54, 1.807) is 6.92 Å². The highest BCUT2D eigenvalue weighted by Crippen LogP contribution is 2.43. The van der Waals surface area contributed by atoms with Gasteiger partial charge in [-0.1, -0.05) is 6.92 Å². The van der Waals surface area contributed by atoms with Crippen molar-refractivity contribution in [2.45, 2.75) is 13.3 Å². The lowest BCUT2D eigenvalue weighted by molar-refractivity contribution is 0.634. The number of hydrogen-bond acceptors (Lipinski definition) is 2. The molecule has 0 aromatic heterocycles. The SMILES string of the molecule is [C-]#[N+]/C(C#N)=C1\C/C(=C(/C#N)[N+]#[C-])C1C. The van der Waals surface area contributed by atoms with Gasteiger partial charge in [0.25, 0.3) is 11.4 Å². The molecule has 0 atom stereocenters. The summed E-state index contributed by atoms with van der Waals surface area (Å²) in [5.74, 6) is -0.113. The van der Waals surface area contributed by atoms with E-state index in [-0.39, 0.29) is 17.3 Å². The maximum Gasteiger partial charge on any atom is 0.261 e. The zero-order valence-corrected chi connectivity index (χ0v) is 8.07. The first kappa shape index (κ1) is 10.5. The maximum absolute atomic E-state index is 8.66. The van der Waals surface area contributed by atoms with E-state index in [0.29, 0.717) is 6.42 Å². The van der Waals surface area contributed by atoms with Crippen LogP contribution >= 0.6 is 0 Å². The molecule has 0 spiro atoms. The van der Waals surface area contributed by atoms with Gasteiger partial charge in [-0.15, -0.1) is 0 Å². The van der Waals surface area contributed by atoms with Gasteiger partial charge in [0, 0.05) is 0 Å². The summed E-state index contributed by atoms with van der Waals surface area (Å²) in [5, 5.41) is 17.3. The van der Waals surface area contributed by atoms with Gasteiger partial charge in [-0.3, -0.25) is 0 Å². The molecule has 4 heteroatoms. The summed E-state index contributed by atoms with van der Waals surface area (Å²) in [6.45, 7) is 15.4. The van der Waals surface area contributed by atoms with Gasteiger partial charge in [0.1, 0.15) is 0 Å². The molecule has 1 aliphatic rings. The minimum Gasteiger partial charge on any atom is -0.227 e. The standard InChI is InChI=1S/C11H6N4/c1-7-8(10(5-12)14-2)4-9(7)11(6-13)15-3/h7H,4H2,1H3/b10-8+,11-9+. The monoisotopic (exact) mass is 194 g/mol. The van der Waals surface area contributed by atoms with E-state index in [2.05, 4.69) is 9.69 Å². The van der Waals surface area contributed by atoms with Gasteiger partial charge in [-0.2, -0.15) is 0 Å². The molecule has 0 unspecified atom stereocenters. The predicted molar refractivity (Wildman–Crippen MR) is 52.3 cm³/mol. The maximum atomic E-state index is 8.66. The summed E-state index contributed by atoms with van der Waals surface area (Å²) < 4.78 is 0. The van der Waals surface area contributed by atoms with Crippen molar-refractivity contribution < 1.29 is 0 Å². The smallest absolute Gasteiger partial charge is 0.227 e. The van der Waals surface area contributed by atoms with Crippen molar-refractivity contribution in [1.82, 2.24) is 0 Å². The van der Waals surface area contributed by atoms with Gasteiger partial charge in [0.15, 0.2) is 0 Å². The number of allylic oxidation sites excluding steroid dienone is 4. The zero-order chi connectivity index (χ0) is 11.4. The van der Waals surface area contributed by atoms with Crippen LogP contribution in [0.25, 0.3) is 9.69 Å². The Morgan fingerprint density at radius 1 is 1.20 bits per heavy atom. The van der Waals surface area contributed by atoms with Crippen LogP contribution in [-0.2, 0) is 0 Å². The Kier molecular flexibility index (Phi) is 2.88. The molecule has 15 heavy (non-hydrogen) atoms. The fourth-order valence-corrected chi connectivity index (χ4v) is 1.51. The van der Waals surface area contributed by atoms with Crippen LogP contribution in [0.5, 0.6) is 0 Å². The number of rotatable bonds is 0. The first-order valence-corrected chi connectivity index (χ1v) is 4.20. The second kappa shape index (κ2) is 4.10. The molecule has 0 aliphatic heterocycles. The quantitative estimate of drug-likeness (QED) is 0.439. The molecular weight excluding hydrogens is 188 g/mol. The van der Waals surface area contributed by atoms with Gasteiger partial charge in [-0.05, 0) is 23.5 Å². The lowest BCUT2D eigenvalue weighted by atomic mass is 9.73. The highest BCUT2D eigenvalue weighted by atomic mass is 14.7. The summed E-state index contributed by atoms with van der Waals surface area (Å²) in [4.78, 5) is 6.22.